The summed E-state index contributed by atoms with van der Waals surface area (Å²) in [5, 5.41) is 7.93. The predicted molar refractivity (Wildman–Crippen MR) is 56.1 cm³/mol. The molecule has 5 nitrogen and oxygen atoms in total. The lowest BCUT2D eigenvalue weighted by atomic mass is 10.2. The molecule has 5 heteroatoms. The van der Waals surface area contributed by atoms with Crippen molar-refractivity contribution in [2.45, 2.75) is 19.4 Å². The Bertz CT molecular complexity index is 491. The fourth-order valence-electron chi connectivity index (χ4n) is 1.61. The minimum Gasteiger partial charge on any atom is -0.368 e. The molecule has 1 aromatic heterocycles. The molecule has 0 aliphatic carbocycles. The van der Waals surface area contributed by atoms with Crippen LogP contribution in [0.15, 0.2) is 24.3 Å². The quantitative estimate of drug-likeness (QED) is 0.806. The van der Waals surface area contributed by atoms with Crippen molar-refractivity contribution >= 4 is 16.9 Å². The van der Waals surface area contributed by atoms with Crippen molar-refractivity contribution in [3.8, 4) is 0 Å². The van der Waals surface area contributed by atoms with Crippen molar-refractivity contribution in [3.05, 3.63) is 24.3 Å². The number of nitrogens with zero attached hydrogens (tertiary/aromatic N) is 3. The molecule has 1 atom stereocenters. The number of carbonyl (C=O) groups excluding carboxylic acids is 1. The maximum atomic E-state index is 11.2. The van der Waals surface area contributed by atoms with E-state index in [9.17, 15) is 4.79 Å². The predicted octanol–water partition coefficient (Wildman–Crippen LogP) is 0.868. The lowest BCUT2D eigenvalue weighted by Crippen LogP contribution is -2.26. The van der Waals surface area contributed by atoms with Crippen LogP contribution in [-0.2, 0) is 4.79 Å². The summed E-state index contributed by atoms with van der Waals surface area (Å²) in [7, 11) is 0. The zero-order valence-corrected chi connectivity index (χ0v) is 8.42. The summed E-state index contributed by atoms with van der Waals surface area (Å²) < 4.78 is 1.58. The molecule has 1 amide bonds. The number of hydrogen-bond acceptors (Lipinski definition) is 3. The number of rotatable bonds is 3. The molecule has 0 radical (unpaired) electrons. The van der Waals surface area contributed by atoms with Crippen LogP contribution in [0.1, 0.15) is 19.4 Å². The van der Waals surface area contributed by atoms with Gasteiger partial charge in [0, 0.05) is 0 Å². The van der Waals surface area contributed by atoms with Gasteiger partial charge in [-0.3, -0.25) is 4.79 Å². The van der Waals surface area contributed by atoms with Crippen LogP contribution >= 0.6 is 0 Å². The zero-order valence-electron chi connectivity index (χ0n) is 8.42. The Balaban J connectivity index is 2.55. The molecule has 0 saturated heterocycles. The molecular formula is C10H12N4O. The smallest absolute Gasteiger partial charge is 0.242 e. The summed E-state index contributed by atoms with van der Waals surface area (Å²) in [4.78, 5) is 11.2. The number of aromatic nitrogens is 3. The standard InChI is InChI=1S/C10H12N4O/c1-2-8(10(11)15)14-9-6-4-3-5-7(9)12-13-14/h3-6,8H,2H2,1H3,(H2,11,15)/t8-/m0/s1. The first kappa shape index (κ1) is 9.64. The first-order chi connectivity index (χ1) is 7.24. The van der Waals surface area contributed by atoms with Crippen LogP contribution in [0.25, 0.3) is 11.0 Å². The third-order valence-electron chi connectivity index (χ3n) is 2.39. The summed E-state index contributed by atoms with van der Waals surface area (Å²) in [6, 6.07) is 7.08. The van der Waals surface area contributed by atoms with Crippen molar-refractivity contribution in [3.63, 3.8) is 0 Å². The third kappa shape index (κ3) is 1.56. The van der Waals surface area contributed by atoms with Gasteiger partial charge in [-0.25, -0.2) is 4.68 Å². The van der Waals surface area contributed by atoms with Gasteiger partial charge in [-0.05, 0) is 18.6 Å². The molecular weight excluding hydrogens is 192 g/mol. The largest absolute Gasteiger partial charge is 0.368 e. The molecule has 0 unspecified atom stereocenters. The molecule has 2 rings (SSSR count). The van der Waals surface area contributed by atoms with E-state index in [1.54, 1.807) is 4.68 Å². The van der Waals surface area contributed by atoms with Gasteiger partial charge < -0.3 is 5.73 Å². The molecule has 78 valence electrons. The summed E-state index contributed by atoms with van der Waals surface area (Å²) in [5.74, 6) is -0.381. The molecule has 2 aromatic rings. The van der Waals surface area contributed by atoms with Gasteiger partial charge in [0.2, 0.25) is 5.91 Å². The monoisotopic (exact) mass is 204 g/mol. The van der Waals surface area contributed by atoms with Crippen molar-refractivity contribution in [2.24, 2.45) is 5.73 Å². The first-order valence-corrected chi connectivity index (χ1v) is 4.83. The second-order valence-electron chi connectivity index (χ2n) is 3.35. The van der Waals surface area contributed by atoms with Crippen molar-refractivity contribution < 1.29 is 4.79 Å². The molecule has 0 spiro atoms. The van der Waals surface area contributed by atoms with Crippen LogP contribution in [-0.4, -0.2) is 20.9 Å². The fraction of sp³-hybridized carbons (Fsp3) is 0.300. The van der Waals surface area contributed by atoms with Gasteiger partial charge >= 0.3 is 0 Å². The van der Waals surface area contributed by atoms with E-state index in [0.29, 0.717) is 6.42 Å². The Morgan fingerprint density at radius 2 is 2.27 bits per heavy atom. The maximum Gasteiger partial charge on any atom is 0.242 e. The van der Waals surface area contributed by atoms with Gasteiger partial charge in [0.15, 0.2) is 0 Å². The fourth-order valence-corrected chi connectivity index (χ4v) is 1.61. The van der Waals surface area contributed by atoms with E-state index in [2.05, 4.69) is 10.3 Å². The van der Waals surface area contributed by atoms with Crippen LogP contribution in [0.2, 0.25) is 0 Å². The van der Waals surface area contributed by atoms with Crippen molar-refractivity contribution in [1.82, 2.24) is 15.0 Å². The minimum atomic E-state index is -0.419. The van der Waals surface area contributed by atoms with Crippen molar-refractivity contribution in [1.29, 1.82) is 0 Å². The maximum absolute atomic E-state index is 11.2. The molecule has 15 heavy (non-hydrogen) atoms. The molecule has 1 aromatic carbocycles. The summed E-state index contributed by atoms with van der Waals surface area (Å²) in [6.07, 6.45) is 0.614. The highest BCUT2D eigenvalue weighted by atomic mass is 16.1. The second-order valence-corrected chi connectivity index (χ2v) is 3.35. The number of primary amides is 1. The number of benzene rings is 1. The van der Waals surface area contributed by atoms with E-state index in [4.69, 9.17) is 5.73 Å². The average molecular weight is 204 g/mol. The Morgan fingerprint density at radius 1 is 1.53 bits per heavy atom. The van der Waals surface area contributed by atoms with Gasteiger partial charge in [-0.2, -0.15) is 0 Å². The summed E-state index contributed by atoms with van der Waals surface area (Å²) >= 11 is 0. The topological polar surface area (TPSA) is 73.8 Å². The second kappa shape index (κ2) is 3.68. The first-order valence-electron chi connectivity index (χ1n) is 4.83. The van der Waals surface area contributed by atoms with Gasteiger partial charge in [-0.1, -0.05) is 24.3 Å². The Morgan fingerprint density at radius 3 is 2.93 bits per heavy atom. The van der Waals surface area contributed by atoms with E-state index in [0.717, 1.165) is 11.0 Å². The molecule has 0 aliphatic rings. The summed E-state index contributed by atoms with van der Waals surface area (Å²) in [5.41, 5.74) is 6.91. The Kier molecular flexibility index (Phi) is 2.37. The van der Waals surface area contributed by atoms with E-state index in [1.165, 1.54) is 0 Å². The zero-order chi connectivity index (χ0) is 10.8. The van der Waals surface area contributed by atoms with Gasteiger partial charge in [0.1, 0.15) is 11.6 Å². The number of para-hydroxylation sites is 1. The summed E-state index contributed by atoms with van der Waals surface area (Å²) in [6.45, 7) is 1.89. The average Bonchev–Trinajstić information content (AvgIpc) is 2.63. The van der Waals surface area contributed by atoms with Crippen LogP contribution in [0.3, 0.4) is 0 Å². The Hall–Kier alpha value is -1.91. The minimum absolute atomic E-state index is 0.381. The number of nitrogens with two attached hydrogens (primary N) is 1. The Labute approximate surface area is 86.9 Å². The highest BCUT2D eigenvalue weighted by Crippen LogP contribution is 2.17. The third-order valence-corrected chi connectivity index (χ3v) is 2.39. The van der Waals surface area contributed by atoms with Gasteiger partial charge in [-0.15, -0.1) is 5.10 Å². The van der Waals surface area contributed by atoms with Crippen LogP contribution in [0.5, 0.6) is 0 Å². The molecule has 1 heterocycles. The van der Waals surface area contributed by atoms with E-state index >= 15 is 0 Å². The number of amides is 1. The normalized spacial score (nSPS) is 12.9. The molecule has 0 fully saturated rings. The van der Waals surface area contributed by atoms with E-state index in [1.807, 2.05) is 31.2 Å². The van der Waals surface area contributed by atoms with E-state index in [-0.39, 0.29) is 5.91 Å². The SMILES string of the molecule is CC[C@@H](C(N)=O)n1nnc2ccccc21. The number of fused-ring (bicyclic) bond motifs is 1. The molecule has 0 aliphatic heterocycles. The molecule has 0 saturated carbocycles. The number of hydrogen-bond donors (Lipinski definition) is 1. The number of carbonyl (C=O) groups is 1. The van der Waals surface area contributed by atoms with Crippen molar-refractivity contribution in [2.75, 3.05) is 0 Å². The van der Waals surface area contributed by atoms with Crippen LogP contribution in [0, 0.1) is 0 Å². The lowest BCUT2D eigenvalue weighted by molar-refractivity contribution is -0.121. The molecule has 2 N–H and O–H groups in total. The van der Waals surface area contributed by atoms with E-state index < -0.39 is 6.04 Å². The van der Waals surface area contributed by atoms with Gasteiger partial charge in [0.25, 0.3) is 0 Å². The van der Waals surface area contributed by atoms with Crippen LogP contribution in [0.4, 0.5) is 0 Å². The highest BCUT2D eigenvalue weighted by Gasteiger charge is 2.18. The van der Waals surface area contributed by atoms with Crippen LogP contribution < -0.4 is 5.73 Å². The highest BCUT2D eigenvalue weighted by molar-refractivity contribution is 5.81. The van der Waals surface area contributed by atoms with Gasteiger partial charge in [0.05, 0.1) is 5.52 Å². The molecule has 0 bridgehead atoms. The lowest BCUT2D eigenvalue weighted by Gasteiger charge is -2.10.